The average molecular weight is 261 g/mol. The largest absolute Gasteiger partial charge is 0.395 e. The summed E-state index contributed by atoms with van der Waals surface area (Å²) in [6.45, 7) is 5.86. The summed E-state index contributed by atoms with van der Waals surface area (Å²) < 4.78 is 1.51. The lowest BCUT2D eigenvalue weighted by molar-refractivity contribution is 0.0731. The van der Waals surface area contributed by atoms with E-state index in [4.69, 9.17) is 5.11 Å². The fourth-order valence-electron chi connectivity index (χ4n) is 1.69. The summed E-state index contributed by atoms with van der Waals surface area (Å²) in [5.41, 5.74) is 0.842. The Balaban J connectivity index is 2.34. The Kier molecular flexibility index (Phi) is 3.86. The van der Waals surface area contributed by atoms with Crippen molar-refractivity contribution in [2.75, 3.05) is 19.7 Å². The Bertz CT molecular complexity index is 607. The molecule has 0 unspecified atom stereocenters. The second kappa shape index (κ2) is 5.57. The van der Waals surface area contributed by atoms with Gasteiger partial charge in [-0.3, -0.25) is 4.79 Å². The maximum absolute atomic E-state index is 12.2. The normalized spacial score (nSPS) is 10.6. The number of fused-ring (bicyclic) bond motifs is 1. The molecule has 0 atom stereocenters. The van der Waals surface area contributed by atoms with Crippen molar-refractivity contribution in [3.8, 4) is 0 Å². The van der Waals surface area contributed by atoms with Gasteiger partial charge in [-0.15, -0.1) is 11.7 Å². The highest BCUT2D eigenvalue weighted by Crippen LogP contribution is 2.05. The van der Waals surface area contributed by atoms with Crippen LogP contribution in [0.3, 0.4) is 0 Å². The van der Waals surface area contributed by atoms with Crippen LogP contribution in [0.1, 0.15) is 16.3 Å². The van der Waals surface area contributed by atoms with E-state index in [2.05, 4.69) is 21.6 Å². The van der Waals surface area contributed by atoms with Gasteiger partial charge in [-0.2, -0.15) is 4.98 Å². The second-order valence-electron chi connectivity index (χ2n) is 4.00. The predicted octanol–water partition coefficient (Wildman–Crippen LogP) is 0.0532. The molecule has 0 saturated carbocycles. The highest BCUT2D eigenvalue weighted by atomic mass is 16.3. The van der Waals surface area contributed by atoms with Gasteiger partial charge in [0.1, 0.15) is 0 Å². The van der Waals surface area contributed by atoms with Crippen LogP contribution >= 0.6 is 0 Å². The number of aliphatic hydroxyl groups is 1. The van der Waals surface area contributed by atoms with Gasteiger partial charge < -0.3 is 10.0 Å². The van der Waals surface area contributed by atoms with Gasteiger partial charge in [-0.25, -0.2) is 9.50 Å². The van der Waals surface area contributed by atoms with E-state index in [0.29, 0.717) is 12.3 Å². The molecule has 0 saturated heterocycles. The molecular weight excluding hydrogens is 246 g/mol. The quantitative estimate of drug-likeness (QED) is 0.769. The van der Waals surface area contributed by atoms with Gasteiger partial charge in [0.15, 0.2) is 0 Å². The molecule has 2 aromatic rings. The van der Waals surface area contributed by atoms with Crippen molar-refractivity contribution in [2.45, 2.75) is 6.92 Å². The molecular formula is C12H15N5O2. The SMILES string of the molecule is C=CCN(CCO)C(=O)c1nc2nccc(C)n2n1. The van der Waals surface area contributed by atoms with Crippen molar-refractivity contribution in [2.24, 2.45) is 0 Å². The van der Waals surface area contributed by atoms with Crippen molar-refractivity contribution in [3.63, 3.8) is 0 Å². The van der Waals surface area contributed by atoms with Crippen LogP contribution in [0.25, 0.3) is 5.78 Å². The molecule has 100 valence electrons. The van der Waals surface area contributed by atoms with E-state index < -0.39 is 0 Å². The van der Waals surface area contributed by atoms with Crippen LogP contribution in [0.4, 0.5) is 0 Å². The number of nitrogens with zero attached hydrogens (tertiary/aromatic N) is 5. The molecule has 0 bridgehead atoms. The van der Waals surface area contributed by atoms with Gasteiger partial charge >= 0.3 is 0 Å². The van der Waals surface area contributed by atoms with Crippen LogP contribution in [0.2, 0.25) is 0 Å². The van der Waals surface area contributed by atoms with Crippen LogP contribution in [0, 0.1) is 6.92 Å². The summed E-state index contributed by atoms with van der Waals surface area (Å²) in [5.74, 6) is 0.0989. The third-order valence-electron chi connectivity index (χ3n) is 2.63. The van der Waals surface area contributed by atoms with Crippen molar-refractivity contribution in [1.29, 1.82) is 0 Å². The lowest BCUT2D eigenvalue weighted by Crippen LogP contribution is -2.34. The minimum absolute atomic E-state index is 0.0668. The molecule has 2 rings (SSSR count). The molecule has 0 aliphatic carbocycles. The van der Waals surface area contributed by atoms with Crippen LogP contribution in [-0.2, 0) is 0 Å². The van der Waals surface area contributed by atoms with E-state index in [1.807, 2.05) is 6.92 Å². The van der Waals surface area contributed by atoms with Crippen LogP contribution in [0.5, 0.6) is 0 Å². The fraction of sp³-hybridized carbons (Fsp3) is 0.333. The monoisotopic (exact) mass is 261 g/mol. The molecule has 1 amide bonds. The molecule has 0 aliphatic rings. The molecule has 2 aromatic heterocycles. The zero-order valence-corrected chi connectivity index (χ0v) is 10.7. The number of hydrogen-bond acceptors (Lipinski definition) is 5. The van der Waals surface area contributed by atoms with E-state index in [9.17, 15) is 4.79 Å². The van der Waals surface area contributed by atoms with E-state index >= 15 is 0 Å². The maximum Gasteiger partial charge on any atom is 0.293 e. The van der Waals surface area contributed by atoms with E-state index in [1.165, 1.54) is 9.42 Å². The highest BCUT2D eigenvalue weighted by molar-refractivity contribution is 5.91. The average Bonchev–Trinajstić information content (AvgIpc) is 2.83. The molecule has 0 radical (unpaired) electrons. The van der Waals surface area contributed by atoms with E-state index in [1.54, 1.807) is 18.3 Å². The third kappa shape index (κ3) is 2.60. The molecule has 7 heteroatoms. The van der Waals surface area contributed by atoms with Crippen molar-refractivity contribution >= 4 is 11.7 Å². The van der Waals surface area contributed by atoms with Crippen LogP contribution in [-0.4, -0.2) is 55.2 Å². The first-order chi connectivity index (χ1) is 9.17. The first-order valence-corrected chi connectivity index (χ1v) is 5.86. The number of amides is 1. The van der Waals surface area contributed by atoms with E-state index in [-0.39, 0.29) is 24.9 Å². The highest BCUT2D eigenvalue weighted by Gasteiger charge is 2.20. The molecule has 0 aromatic carbocycles. The minimum Gasteiger partial charge on any atom is -0.395 e. The number of aromatic nitrogens is 4. The van der Waals surface area contributed by atoms with Crippen molar-refractivity contribution in [1.82, 2.24) is 24.5 Å². The minimum atomic E-state index is -0.348. The van der Waals surface area contributed by atoms with Crippen LogP contribution < -0.4 is 0 Å². The van der Waals surface area contributed by atoms with Crippen LogP contribution in [0.15, 0.2) is 24.9 Å². The second-order valence-corrected chi connectivity index (χ2v) is 4.00. The van der Waals surface area contributed by atoms with Gasteiger partial charge in [-0.1, -0.05) is 6.08 Å². The number of carbonyl (C=O) groups excluding carboxylic acids is 1. The first kappa shape index (κ1) is 13.2. The summed E-state index contributed by atoms with van der Waals surface area (Å²) in [6.07, 6.45) is 3.20. The number of hydrogen-bond donors (Lipinski definition) is 1. The molecule has 2 heterocycles. The summed E-state index contributed by atoms with van der Waals surface area (Å²) in [4.78, 5) is 21.8. The van der Waals surface area contributed by atoms with E-state index in [0.717, 1.165) is 5.69 Å². The Morgan fingerprint density at radius 1 is 1.63 bits per heavy atom. The number of carbonyl (C=O) groups is 1. The molecule has 0 spiro atoms. The standard InChI is InChI=1S/C12H15N5O2/c1-3-6-16(7-8-18)11(19)10-14-12-13-5-4-9(2)17(12)15-10/h3-5,18H,1,6-8H2,2H3. The summed E-state index contributed by atoms with van der Waals surface area (Å²) in [7, 11) is 0. The maximum atomic E-state index is 12.2. The molecule has 0 aliphatic heterocycles. The Labute approximate surface area is 110 Å². The lowest BCUT2D eigenvalue weighted by atomic mass is 10.4. The zero-order chi connectivity index (χ0) is 13.8. The number of rotatable bonds is 5. The van der Waals surface area contributed by atoms with Gasteiger partial charge in [-0.05, 0) is 13.0 Å². The molecule has 7 nitrogen and oxygen atoms in total. The summed E-state index contributed by atoms with van der Waals surface area (Å²) >= 11 is 0. The molecule has 1 N–H and O–H groups in total. The van der Waals surface area contributed by atoms with Crippen molar-refractivity contribution < 1.29 is 9.90 Å². The van der Waals surface area contributed by atoms with Gasteiger partial charge in [0.25, 0.3) is 11.7 Å². The smallest absolute Gasteiger partial charge is 0.293 e. The lowest BCUT2D eigenvalue weighted by Gasteiger charge is -2.17. The Morgan fingerprint density at radius 2 is 2.42 bits per heavy atom. The first-order valence-electron chi connectivity index (χ1n) is 5.86. The summed E-state index contributed by atoms with van der Waals surface area (Å²) in [6, 6.07) is 1.78. The molecule has 0 fully saturated rings. The summed E-state index contributed by atoms with van der Waals surface area (Å²) in [5, 5.41) is 13.1. The number of aryl methyl sites for hydroxylation is 1. The van der Waals surface area contributed by atoms with Gasteiger partial charge in [0.05, 0.1) is 6.61 Å². The fourth-order valence-corrected chi connectivity index (χ4v) is 1.69. The number of aliphatic hydroxyl groups excluding tert-OH is 1. The Hall–Kier alpha value is -2.28. The topological polar surface area (TPSA) is 83.6 Å². The van der Waals surface area contributed by atoms with Gasteiger partial charge in [0.2, 0.25) is 5.82 Å². The Morgan fingerprint density at radius 3 is 3.05 bits per heavy atom. The predicted molar refractivity (Wildman–Crippen MR) is 68.7 cm³/mol. The third-order valence-corrected chi connectivity index (χ3v) is 2.63. The van der Waals surface area contributed by atoms with Crippen molar-refractivity contribution in [3.05, 3.63) is 36.4 Å². The molecule has 19 heavy (non-hydrogen) atoms. The zero-order valence-electron chi connectivity index (χ0n) is 10.7. The van der Waals surface area contributed by atoms with Gasteiger partial charge in [0, 0.05) is 25.0 Å².